The molecule has 0 aliphatic heterocycles. The van der Waals surface area contributed by atoms with Gasteiger partial charge in [0, 0.05) is 5.92 Å². The van der Waals surface area contributed by atoms with Crippen LogP contribution < -0.4 is 5.43 Å². The molecule has 118 valence electrons. The number of nitrogens with zero attached hydrogens (tertiary/aromatic N) is 1. The predicted molar refractivity (Wildman–Crippen MR) is 75.5 cm³/mol. The highest BCUT2D eigenvalue weighted by Crippen LogP contribution is 2.31. The molecule has 0 radical (unpaired) electrons. The molecule has 1 aliphatic rings. The second-order valence-electron chi connectivity index (χ2n) is 5.04. The van der Waals surface area contributed by atoms with Crippen molar-refractivity contribution in [3.8, 4) is 0 Å². The zero-order valence-electron chi connectivity index (χ0n) is 11.7. The first-order chi connectivity index (χ1) is 10.3. The molecular weight excluding hydrogens is 315 g/mol. The van der Waals surface area contributed by atoms with Gasteiger partial charge in [-0.2, -0.15) is 0 Å². The van der Waals surface area contributed by atoms with Gasteiger partial charge in [0.25, 0.3) is 5.91 Å². The van der Waals surface area contributed by atoms with Crippen molar-refractivity contribution in [2.45, 2.75) is 25.8 Å². The smallest absolute Gasteiger partial charge is 0.322 e. The number of nitrogens with one attached hydrogen (secondary N) is 1. The molecule has 2 amide bonds. The van der Waals surface area contributed by atoms with Gasteiger partial charge in [-0.1, -0.05) is 17.7 Å². The predicted octanol–water partition coefficient (Wildman–Crippen LogP) is 1.84. The van der Waals surface area contributed by atoms with E-state index in [4.69, 9.17) is 16.7 Å². The van der Waals surface area contributed by atoms with Crippen molar-refractivity contribution in [3.05, 3.63) is 34.6 Å². The van der Waals surface area contributed by atoms with Crippen LogP contribution in [0.4, 0.5) is 4.39 Å². The Hall–Kier alpha value is -1.99. The van der Waals surface area contributed by atoms with E-state index in [1.165, 1.54) is 19.1 Å². The van der Waals surface area contributed by atoms with Crippen molar-refractivity contribution in [1.29, 1.82) is 0 Å². The first kappa shape index (κ1) is 16.4. The molecule has 1 atom stereocenters. The number of carbonyl (C=O) groups excluding carboxylic acids is 2. The minimum atomic E-state index is -1.25. The van der Waals surface area contributed by atoms with E-state index in [1.807, 2.05) is 0 Å². The molecule has 1 aromatic carbocycles. The van der Waals surface area contributed by atoms with E-state index in [0.717, 1.165) is 6.07 Å². The number of carboxylic acid groups (broad SMARTS) is 1. The average Bonchev–Trinajstić information content (AvgIpc) is 3.27. The fourth-order valence-corrected chi connectivity index (χ4v) is 2.04. The lowest BCUT2D eigenvalue weighted by atomic mass is 10.2. The van der Waals surface area contributed by atoms with Crippen molar-refractivity contribution >= 4 is 29.4 Å². The number of imide groups is 1. The average molecular weight is 329 g/mol. The summed E-state index contributed by atoms with van der Waals surface area (Å²) in [6, 6.07) is 2.49. The molecule has 0 saturated heterocycles. The molecule has 2 N–H and O–H groups in total. The summed E-state index contributed by atoms with van der Waals surface area (Å²) >= 11 is 5.82. The lowest BCUT2D eigenvalue weighted by molar-refractivity contribution is -0.142. The van der Waals surface area contributed by atoms with Crippen LogP contribution in [0.5, 0.6) is 0 Å². The minimum Gasteiger partial charge on any atom is -0.480 e. The number of carbonyl (C=O) groups is 3. The van der Waals surface area contributed by atoms with Crippen LogP contribution in [0.1, 0.15) is 30.1 Å². The lowest BCUT2D eigenvalue weighted by Crippen LogP contribution is -2.53. The Morgan fingerprint density at radius 3 is 2.55 bits per heavy atom. The lowest BCUT2D eigenvalue weighted by Gasteiger charge is -2.24. The zero-order chi connectivity index (χ0) is 16.4. The summed E-state index contributed by atoms with van der Waals surface area (Å²) in [5.41, 5.74) is 1.83. The number of benzene rings is 1. The quantitative estimate of drug-likeness (QED) is 0.636. The van der Waals surface area contributed by atoms with Gasteiger partial charge in [0.2, 0.25) is 5.91 Å². The van der Waals surface area contributed by atoms with E-state index in [0.29, 0.717) is 17.9 Å². The Morgan fingerprint density at radius 2 is 2.05 bits per heavy atom. The normalized spacial score (nSPS) is 15.2. The summed E-state index contributed by atoms with van der Waals surface area (Å²) in [6.45, 7) is 1.27. The van der Waals surface area contributed by atoms with Crippen LogP contribution in [0.2, 0.25) is 5.02 Å². The molecule has 22 heavy (non-hydrogen) atoms. The highest BCUT2D eigenvalue weighted by atomic mass is 35.5. The number of aliphatic carboxylic acids is 1. The highest BCUT2D eigenvalue weighted by Gasteiger charge is 2.39. The molecule has 0 unspecified atom stereocenters. The van der Waals surface area contributed by atoms with E-state index in [-0.39, 0.29) is 10.9 Å². The molecule has 0 heterocycles. The maximum atomic E-state index is 13.9. The van der Waals surface area contributed by atoms with Crippen molar-refractivity contribution < 1.29 is 23.9 Å². The van der Waals surface area contributed by atoms with Gasteiger partial charge in [-0.15, -0.1) is 0 Å². The summed E-state index contributed by atoms with van der Waals surface area (Å²) in [4.78, 5) is 35.6. The molecule has 0 spiro atoms. The van der Waals surface area contributed by atoms with Gasteiger partial charge in [-0.05, 0) is 31.9 Å². The third-order valence-corrected chi connectivity index (χ3v) is 3.53. The second kappa shape index (κ2) is 6.41. The summed E-state index contributed by atoms with van der Waals surface area (Å²) in [5, 5.41) is 9.32. The largest absolute Gasteiger partial charge is 0.480 e. The maximum absolute atomic E-state index is 13.9. The summed E-state index contributed by atoms with van der Waals surface area (Å²) in [5.74, 6) is -4.08. The monoisotopic (exact) mass is 328 g/mol. The first-order valence-electron chi connectivity index (χ1n) is 6.64. The number of hydrazine groups is 1. The first-order valence-corrected chi connectivity index (χ1v) is 7.02. The van der Waals surface area contributed by atoms with Crippen molar-refractivity contribution in [2.24, 2.45) is 5.92 Å². The molecule has 0 aromatic heterocycles. The van der Waals surface area contributed by atoms with Gasteiger partial charge >= 0.3 is 5.97 Å². The molecule has 2 rings (SSSR count). The van der Waals surface area contributed by atoms with Crippen LogP contribution >= 0.6 is 11.6 Å². The van der Waals surface area contributed by atoms with Gasteiger partial charge in [0.05, 0.1) is 10.6 Å². The minimum absolute atomic E-state index is 0.150. The molecular formula is C14H14ClFN2O4. The van der Waals surface area contributed by atoms with Crippen LogP contribution in [-0.4, -0.2) is 33.9 Å². The summed E-state index contributed by atoms with van der Waals surface area (Å²) in [7, 11) is 0. The summed E-state index contributed by atoms with van der Waals surface area (Å²) < 4.78 is 13.9. The third kappa shape index (κ3) is 3.42. The van der Waals surface area contributed by atoms with Gasteiger partial charge in [0.15, 0.2) is 0 Å². The van der Waals surface area contributed by atoms with Crippen LogP contribution in [0, 0.1) is 11.7 Å². The van der Waals surface area contributed by atoms with Gasteiger partial charge < -0.3 is 5.11 Å². The molecule has 1 aliphatic carbocycles. The van der Waals surface area contributed by atoms with E-state index in [9.17, 15) is 18.8 Å². The van der Waals surface area contributed by atoms with Crippen LogP contribution in [0.3, 0.4) is 0 Å². The van der Waals surface area contributed by atoms with E-state index >= 15 is 0 Å². The van der Waals surface area contributed by atoms with Gasteiger partial charge in [0.1, 0.15) is 11.9 Å². The standard InChI is InChI=1S/C14H14ClFN2O4/c1-7(14(21)22)17-18(12(19)8-5-6-8)13(20)11-9(15)3-2-4-10(11)16/h2-4,7-8,17H,5-6H2,1H3,(H,21,22)/t7-/m0/s1. The number of carboxylic acids is 1. The molecule has 1 saturated carbocycles. The highest BCUT2D eigenvalue weighted by molar-refractivity contribution is 6.34. The number of hydrogen-bond acceptors (Lipinski definition) is 4. The topological polar surface area (TPSA) is 86.7 Å². The SMILES string of the molecule is C[C@H](NN(C(=O)c1c(F)cccc1Cl)C(=O)C1CC1)C(=O)O. The van der Waals surface area contributed by atoms with Crippen molar-refractivity contribution in [3.63, 3.8) is 0 Å². The van der Waals surface area contributed by atoms with Crippen molar-refractivity contribution in [2.75, 3.05) is 0 Å². The Morgan fingerprint density at radius 1 is 1.41 bits per heavy atom. The number of amides is 2. The molecule has 1 fully saturated rings. The van der Waals surface area contributed by atoms with Crippen LogP contribution in [-0.2, 0) is 9.59 Å². The Labute approximate surface area is 130 Å². The van der Waals surface area contributed by atoms with Crippen molar-refractivity contribution in [1.82, 2.24) is 10.4 Å². The van der Waals surface area contributed by atoms with Gasteiger partial charge in [-0.3, -0.25) is 14.4 Å². The zero-order valence-corrected chi connectivity index (χ0v) is 12.4. The second-order valence-corrected chi connectivity index (χ2v) is 5.45. The Bertz CT molecular complexity index is 613. The van der Waals surface area contributed by atoms with E-state index in [2.05, 4.69) is 5.43 Å². The molecule has 8 heteroatoms. The fraction of sp³-hybridized carbons (Fsp3) is 0.357. The fourth-order valence-electron chi connectivity index (χ4n) is 1.80. The van der Waals surface area contributed by atoms with E-state index < -0.39 is 35.2 Å². The van der Waals surface area contributed by atoms with Crippen LogP contribution in [0.25, 0.3) is 0 Å². The Balaban J connectivity index is 2.33. The maximum Gasteiger partial charge on any atom is 0.322 e. The third-order valence-electron chi connectivity index (χ3n) is 3.22. The van der Waals surface area contributed by atoms with E-state index in [1.54, 1.807) is 0 Å². The molecule has 1 aromatic rings. The number of hydrogen-bond donors (Lipinski definition) is 2. The molecule has 0 bridgehead atoms. The summed E-state index contributed by atoms with van der Waals surface area (Å²) in [6.07, 6.45) is 1.22. The van der Waals surface area contributed by atoms with Crippen LogP contribution in [0.15, 0.2) is 18.2 Å². The molecule has 6 nitrogen and oxygen atoms in total. The van der Waals surface area contributed by atoms with Gasteiger partial charge in [-0.25, -0.2) is 14.8 Å². The Kier molecular flexibility index (Phi) is 4.77. The number of rotatable bonds is 5. The number of halogens is 2.